The van der Waals surface area contributed by atoms with E-state index < -0.39 is 0 Å². The molecule has 0 amide bonds. The highest BCUT2D eigenvalue weighted by Crippen LogP contribution is 2.30. The molecule has 21 heavy (non-hydrogen) atoms. The second kappa shape index (κ2) is 6.83. The summed E-state index contributed by atoms with van der Waals surface area (Å²) in [5, 5.41) is 3.57. The third-order valence-electron chi connectivity index (χ3n) is 4.18. The fourth-order valence-corrected chi connectivity index (χ4v) is 2.88. The zero-order valence-electron chi connectivity index (χ0n) is 14.3. The van der Waals surface area contributed by atoms with Gasteiger partial charge in [-0.05, 0) is 76.6 Å². The summed E-state index contributed by atoms with van der Waals surface area (Å²) in [6, 6.07) is 6.73. The molecule has 0 saturated carbocycles. The Morgan fingerprint density at radius 3 is 2.76 bits per heavy atom. The summed E-state index contributed by atoms with van der Waals surface area (Å²) in [6.45, 7) is 12.3. The predicted molar refractivity (Wildman–Crippen MR) is 90.1 cm³/mol. The van der Waals surface area contributed by atoms with Crippen molar-refractivity contribution in [3.63, 3.8) is 0 Å². The van der Waals surface area contributed by atoms with Gasteiger partial charge < -0.3 is 10.1 Å². The van der Waals surface area contributed by atoms with Crippen molar-refractivity contribution in [2.75, 3.05) is 6.54 Å². The van der Waals surface area contributed by atoms with Gasteiger partial charge in [0.1, 0.15) is 11.9 Å². The van der Waals surface area contributed by atoms with Crippen LogP contribution in [0.3, 0.4) is 0 Å². The summed E-state index contributed by atoms with van der Waals surface area (Å²) >= 11 is 0. The number of ether oxygens (including phenoxy) is 1. The largest absolute Gasteiger partial charge is 0.490 e. The molecule has 2 rings (SSSR count). The molecule has 2 heteroatoms. The van der Waals surface area contributed by atoms with E-state index in [2.05, 4.69) is 58.1 Å². The van der Waals surface area contributed by atoms with Gasteiger partial charge in [-0.2, -0.15) is 0 Å². The zero-order chi connectivity index (χ0) is 15.5. The van der Waals surface area contributed by atoms with Crippen LogP contribution in [-0.2, 0) is 12.8 Å². The number of hydrogen-bond acceptors (Lipinski definition) is 2. The van der Waals surface area contributed by atoms with Crippen LogP contribution < -0.4 is 10.1 Å². The van der Waals surface area contributed by atoms with E-state index >= 15 is 0 Å². The molecule has 1 aliphatic heterocycles. The molecule has 1 aliphatic rings. The summed E-state index contributed by atoms with van der Waals surface area (Å²) in [5.41, 5.74) is 3.08. The summed E-state index contributed by atoms with van der Waals surface area (Å²) in [7, 11) is 0. The van der Waals surface area contributed by atoms with Crippen molar-refractivity contribution in [2.24, 2.45) is 5.92 Å². The maximum absolute atomic E-state index is 5.76. The summed E-state index contributed by atoms with van der Waals surface area (Å²) in [6.07, 6.45) is 5.10. The minimum atomic E-state index is 0.233. The molecule has 2 atom stereocenters. The first-order valence-electron chi connectivity index (χ1n) is 8.37. The van der Waals surface area contributed by atoms with E-state index in [1.165, 1.54) is 30.4 Å². The van der Waals surface area contributed by atoms with Crippen LogP contribution in [0, 0.1) is 5.92 Å². The van der Waals surface area contributed by atoms with Crippen molar-refractivity contribution in [3.8, 4) is 5.75 Å². The lowest BCUT2D eigenvalue weighted by Gasteiger charge is -2.22. The van der Waals surface area contributed by atoms with Crippen molar-refractivity contribution in [1.29, 1.82) is 0 Å². The summed E-state index contributed by atoms with van der Waals surface area (Å²) in [4.78, 5) is 0. The minimum Gasteiger partial charge on any atom is -0.490 e. The van der Waals surface area contributed by atoms with E-state index in [9.17, 15) is 0 Å². The van der Waals surface area contributed by atoms with E-state index in [4.69, 9.17) is 4.74 Å². The molecule has 1 N–H and O–H groups in total. The fourth-order valence-electron chi connectivity index (χ4n) is 2.88. The summed E-state index contributed by atoms with van der Waals surface area (Å²) < 4.78 is 5.76. The van der Waals surface area contributed by atoms with E-state index in [0.29, 0.717) is 6.10 Å². The minimum absolute atomic E-state index is 0.233. The zero-order valence-corrected chi connectivity index (χ0v) is 14.3. The van der Waals surface area contributed by atoms with Crippen LogP contribution >= 0.6 is 0 Å². The molecule has 1 aromatic carbocycles. The number of benzene rings is 1. The normalized spacial score (nSPS) is 19.2. The number of fused-ring (bicyclic) bond motifs is 1. The summed E-state index contributed by atoms with van der Waals surface area (Å²) in [5.74, 6) is 1.86. The molecule has 0 aromatic heterocycles. The molecular formula is C19H31NO. The van der Waals surface area contributed by atoms with Crippen LogP contribution in [-0.4, -0.2) is 18.2 Å². The molecular weight excluding hydrogens is 258 g/mol. The Morgan fingerprint density at radius 2 is 2.05 bits per heavy atom. The van der Waals surface area contributed by atoms with E-state index in [1.54, 1.807) is 0 Å². The first-order chi connectivity index (χ1) is 9.83. The van der Waals surface area contributed by atoms with Crippen LogP contribution in [0.5, 0.6) is 5.75 Å². The highest BCUT2D eigenvalue weighted by Gasteiger charge is 2.18. The van der Waals surface area contributed by atoms with Gasteiger partial charge in [-0.15, -0.1) is 0 Å². The van der Waals surface area contributed by atoms with Crippen LogP contribution in [0.2, 0.25) is 0 Å². The van der Waals surface area contributed by atoms with Gasteiger partial charge in [-0.3, -0.25) is 0 Å². The molecule has 2 unspecified atom stereocenters. The van der Waals surface area contributed by atoms with Gasteiger partial charge in [-0.25, -0.2) is 0 Å². The first kappa shape index (κ1) is 16.4. The lowest BCUT2D eigenvalue weighted by atomic mass is 9.96. The Bertz CT molecular complexity index is 461. The van der Waals surface area contributed by atoms with Gasteiger partial charge in [0, 0.05) is 12.0 Å². The number of rotatable bonds is 6. The molecule has 2 nitrogen and oxygen atoms in total. The Hall–Kier alpha value is -1.02. The average Bonchev–Trinajstić information content (AvgIpc) is 2.74. The molecule has 1 aromatic rings. The van der Waals surface area contributed by atoms with Gasteiger partial charge in [0.25, 0.3) is 0 Å². The maximum Gasteiger partial charge on any atom is 0.123 e. The van der Waals surface area contributed by atoms with Crippen molar-refractivity contribution < 1.29 is 4.74 Å². The Labute approximate surface area is 130 Å². The standard InChI is InChI=1S/C19H31NO/c1-14(10-11-20-19(3,4)5)6-7-16-8-9-18-17(13-16)12-15(2)21-18/h8-9,13-15,20H,6-7,10-12H2,1-5H3. The molecule has 0 fully saturated rings. The lowest BCUT2D eigenvalue weighted by Crippen LogP contribution is -2.36. The first-order valence-corrected chi connectivity index (χ1v) is 8.37. The molecule has 0 aliphatic carbocycles. The van der Waals surface area contributed by atoms with Crippen molar-refractivity contribution in [3.05, 3.63) is 29.3 Å². The predicted octanol–water partition coefficient (Wildman–Crippen LogP) is 4.36. The van der Waals surface area contributed by atoms with Crippen molar-refractivity contribution in [2.45, 2.75) is 71.9 Å². The monoisotopic (exact) mass is 289 g/mol. The van der Waals surface area contributed by atoms with Crippen molar-refractivity contribution >= 4 is 0 Å². The Morgan fingerprint density at radius 1 is 1.29 bits per heavy atom. The molecule has 0 bridgehead atoms. The van der Waals surface area contributed by atoms with Gasteiger partial charge in [0.15, 0.2) is 0 Å². The SMILES string of the molecule is CC(CCNC(C)(C)C)CCc1ccc2c(c1)CC(C)O2. The van der Waals surface area contributed by atoms with E-state index in [0.717, 1.165) is 24.6 Å². The number of hydrogen-bond donors (Lipinski definition) is 1. The third kappa shape index (κ3) is 5.35. The van der Waals surface area contributed by atoms with Gasteiger partial charge in [0.05, 0.1) is 0 Å². The molecule has 1 heterocycles. The number of nitrogens with one attached hydrogen (secondary N) is 1. The van der Waals surface area contributed by atoms with Crippen LogP contribution in [0.1, 0.15) is 58.6 Å². The smallest absolute Gasteiger partial charge is 0.123 e. The molecule has 0 radical (unpaired) electrons. The van der Waals surface area contributed by atoms with Crippen LogP contribution in [0.25, 0.3) is 0 Å². The third-order valence-corrected chi connectivity index (χ3v) is 4.18. The second-order valence-electron chi connectivity index (χ2n) is 7.68. The van der Waals surface area contributed by atoms with Gasteiger partial charge >= 0.3 is 0 Å². The van der Waals surface area contributed by atoms with E-state index in [1.807, 2.05) is 0 Å². The second-order valence-corrected chi connectivity index (χ2v) is 7.68. The Kier molecular flexibility index (Phi) is 5.32. The van der Waals surface area contributed by atoms with Crippen LogP contribution in [0.15, 0.2) is 18.2 Å². The maximum atomic E-state index is 5.76. The van der Waals surface area contributed by atoms with Crippen molar-refractivity contribution in [1.82, 2.24) is 5.32 Å². The van der Waals surface area contributed by atoms with Gasteiger partial charge in [0.2, 0.25) is 0 Å². The van der Waals surface area contributed by atoms with Gasteiger partial charge in [-0.1, -0.05) is 19.1 Å². The average molecular weight is 289 g/mol. The van der Waals surface area contributed by atoms with E-state index in [-0.39, 0.29) is 5.54 Å². The fraction of sp³-hybridized carbons (Fsp3) is 0.684. The number of aryl methyl sites for hydroxylation is 1. The highest BCUT2D eigenvalue weighted by molar-refractivity contribution is 5.40. The Balaban J connectivity index is 1.74. The molecule has 0 saturated heterocycles. The lowest BCUT2D eigenvalue weighted by molar-refractivity contribution is 0.254. The quantitative estimate of drug-likeness (QED) is 0.840. The van der Waals surface area contributed by atoms with Crippen LogP contribution in [0.4, 0.5) is 0 Å². The highest BCUT2D eigenvalue weighted by atomic mass is 16.5. The molecule has 118 valence electrons. The molecule has 0 spiro atoms. The topological polar surface area (TPSA) is 21.3 Å².